The number of fused-ring (bicyclic) bond motifs is 1. The predicted molar refractivity (Wildman–Crippen MR) is 166 cm³/mol. The standard InChI is InChI=1S/C31H27FN10O2/c1-18-12-15-41-26(18)30(43)42(22-6-4-3-5-7-22)29(40-41)19(2)37-28-25(27(33)35-17-36-28)20-8-9-24(23(32)16-20)39-31(44)38-21-10-13-34-14-11-21/h3-17,19H,1-2H3,(H3,33,35,36,37)(H2,34,38,39,44). The number of pyridine rings is 1. The smallest absolute Gasteiger partial charge is 0.323 e. The molecular weight excluding hydrogens is 563 g/mol. The summed E-state index contributed by atoms with van der Waals surface area (Å²) in [6, 6.07) is 17.4. The molecule has 6 rings (SSSR count). The number of aromatic nitrogens is 6. The molecule has 0 saturated carbocycles. The van der Waals surface area contributed by atoms with Crippen LogP contribution >= 0.6 is 0 Å². The molecule has 0 aliphatic heterocycles. The number of nitrogens with one attached hydrogen (secondary N) is 3. The van der Waals surface area contributed by atoms with Crippen LogP contribution < -0.4 is 27.2 Å². The summed E-state index contributed by atoms with van der Waals surface area (Å²) >= 11 is 0. The number of amides is 2. The number of anilines is 4. The molecule has 2 amide bonds. The van der Waals surface area contributed by atoms with Crippen molar-refractivity contribution in [3.8, 4) is 16.8 Å². The van der Waals surface area contributed by atoms with Crippen LogP contribution in [0.25, 0.3) is 22.3 Å². The van der Waals surface area contributed by atoms with Crippen LogP contribution in [0.5, 0.6) is 0 Å². The summed E-state index contributed by atoms with van der Waals surface area (Å²) in [4.78, 5) is 38.5. The van der Waals surface area contributed by atoms with Crippen LogP contribution in [0.1, 0.15) is 24.4 Å². The lowest BCUT2D eigenvalue weighted by Crippen LogP contribution is -2.29. The van der Waals surface area contributed by atoms with E-state index in [4.69, 9.17) is 10.8 Å². The Bertz CT molecular complexity index is 2040. The van der Waals surface area contributed by atoms with E-state index < -0.39 is 17.9 Å². The van der Waals surface area contributed by atoms with Gasteiger partial charge in [-0.15, -0.1) is 0 Å². The molecule has 0 radical (unpaired) electrons. The summed E-state index contributed by atoms with van der Waals surface area (Å²) in [5.74, 6) is 0.134. The predicted octanol–water partition coefficient (Wildman–Crippen LogP) is 5.18. The first-order valence-electron chi connectivity index (χ1n) is 13.6. The molecule has 0 spiro atoms. The van der Waals surface area contributed by atoms with E-state index in [1.807, 2.05) is 50.2 Å². The monoisotopic (exact) mass is 590 g/mol. The SMILES string of the molecule is Cc1ccn2nc(C(C)Nc3ncnc(N)c3-c3ccc(NC(=O)Nc4ccncc4)c(F)c3)n(-c3ccccc3)c(=O)c12. The lowest BCUT2D eigenvalue weighted by Gasteiger charge is -2.21. The molecule has 0 saturated heterocycles. The number of hydrogen-bond acceptors (Lipinski definition) is 8. The zero-order valence-electron chi connectivity index (χ0n) is 23.7. The molecule has 0 bridgehead atoms. The van der Waals surface area contributed by atoms with Crippen LogP contribution in [0.4, 0.5) is 32.2 Å². The summed E-state index contributed by atoms with van der Waals surface area (Å²) in [5, 5.41) is 13.2. The zero-order valence-corrected chi connectivity index (χ0v) is 23.7. The molecule has 2 aromatic carbocycles. The van der Waals surface area contributed by atoms with E-state index in [1.165, 1.54) is 30.9 Å². The maximum Gasteiger partial charge on any atom is 0.323 e. The number of carbonyl (C=O) groups excluding carboxylic acids is 1. The van der Waals surface area contributed by atoms with E-state index in [-0.39, 0.29) is 17.1 Å². The van der Waals surface area contributed by atoms with Crippen LogP contribution in [0.2, 0.25) is 0 Å². The fourth-order valence-corrected chi connectivity index (χ4v) is 4.89. The number of rotatable bonds is 7. The van der Waals surface area contributed by atoms with Crippen molar-refractivity contribution in [2.75, 3.05) is 21.7 Å². The highest BCUT2D eigenvalue weighted by Crippen LogP contribution is 2.34. The highest BCUT2D eigenvalue weighted by Gasteiger charge is 2.22. The van der Waals surface area contributed by atoms with Gasteiger partial charge in [0.1, 0.15) is 29.3 Å². The third kappa shape index (κ3) is 5.41. The number of hydrogen-bond donors (Lipinski definition) is 4. The lowest BCUT2D eigenvalue weighted by molar-refractivity contribution is 0.262. The van der Waals surface area contributed by atoms with Gasteiger partial charge in [0.15, 0.2) is 5.82 Å². The number of nitrogen functional groups attached to an aromatic ring is 1. The minimum atomic E-state index is -0.692. The van der Waals surface area contributed by atoms with Crippen molar-refractivity contribution >= 4 is 34.6 Å². The Morgan fingerprint density at radius 3 is 2.52 bits per heavy atom. The molecule has 1 atom stereocenters. The van der Waals surface area contributed by atoms with Gasteiger partial charge in [-0.3, -0.25) is 14.3 Å². The van der Waals surface area contributed by atoms with Crippen LogP contribution in [-0.4, -0.2) is 35.2 Å². The summed E-state index contributed by atoms with van der Waals surface area (Å²) in [5.41, 5.74) is 9.16. The molecule has 220 valence electrons. The Labute approximate surface area is 250 Å². The molecule has 4 heterocycles. The third-order valence-electron chi connectivity index (χ3n) is 6.99. The Kier molecular flexibility index (Phi) is 7.42. The van der Waals surface area contributed by atoms with Gasteiger partial charge in [-0.05, 0) is 67.4 Å². The number of benzene rings is 2. The Balaban J connectivity index is 1.33. The topological polar surface area (TPSA) is 157 Å². The molecule has 5 N–H and O–H groups in total. The maximum atomic E-state index is 15.3. The number of urea groups is 1. The minimum absolute atomic E-state index is 0.0370. The number of aryl methyl sites for hydroxylation is 1. The van der Waals surface area contributed by atoms with Gasteiger partial charge in [0.05, 0.1) is 23.0 Å². The van der Waals surface area contributed by atoms with Gasteiger partial charge in [0.2, 0.25) is 0 Å². The van der Waals surface area contributed by atoms with E-state index in [0.29, 0.717) is 39.7 Å². The van der Waals surface area contributed by atoms with Gasteiger partial charge in [0.25, 0.3) is 5.56 Å². The minimum Gasteiger partial charge on any atom is -0.383 e. The fraction of sp³-hybridized carbons (Fsp3) is 0.0968. The van der Waals surface area contributed by atoms with E-state index in [9.17, 15) is 9.59 Å². The second-order valence-electron chi connectivity index (χ2n) is 9.98. The summed E-state index contributed by atoms with van der Waals surface area (Å²) in [6.07, 6.45) is 6.09. The van der Waals surface area contributed by atoms with Crippen molar-refractivity contribution in [3.63, 3.8) is 0 Å². The third-order valence-corrected chi connectivity index (χ3v) is 6.99. The molecule has 0 aliphatic rings. The number of halogens is 1. The first-order chi connectivity index (χ1) is 21.3. The van der Waals surface area contributed by atoms with Crippen molar-refractivity contribution in [2.24, 2.45) is 0 Å². The normalized spacial score (nSPS) is 11.7. The molecule has 6 aromatic rings. The van der Waals surface area contributed by atoms with E-state index in [2.05, 4.69) is 30.9 Å². The Hall–Kier alpha value is -6.11. The molecule has 4 aromatic heterocycles. The van der Waals surface area contributed by atoms with Crippen LogP contribution in [-0.2, 0) is 0 Å². The van der Waals surface area contributed by atoms with Gasteiger partial charge in [0, 0.05) is 24.3 Å². The van der Waals surface area contributed by atoms with E-state index in [1.54, 1.807) is 33.5 Å². The number of para-hydroxylation sites is 1. The van der Waals surface area contributed by atoms with Crippen LogP contribution in [0, 0.1) is 12.7 Å². The largest absolute Gasteiger partial charge is 0.383 e. The van der Waals surface area contributed by atoms with Crippen molar-refractivity contribution in [2.45, 2.75) is 19.9 Å². The number of nitrogens with zero attached hydrogens (tertiary/aromatic N) is 6. The molecule has 0 fully saturated rings. The van der Waals surface area contributed by atoms with Crippen molar-refractivity contribution in [1.82, 2.24) is 29.1 Å². The van der Waals surface area contributed by atoms with Crippen LogP contribution in [0.3, 0.4) is 0 Å². The first-order valence-corrected chi connectivity index (χ1v) is 13.6. The van der Waals surface area contributed by atoms with Crippen LogP contribution in [0.15, 0.2) is 96.4 Å². The van der Waals surface area contributed by atoms with Gasteiger partial charge in [-0.25, -0.2) is 23.7 Å². The highest BCUT2D eigenvalue weighted by molar-refractivity contribution is 6.00. The molecule has 0 aliphatic carbocycles. The molecule has 1 unspecified atom stereocenters. The Morgan fingerprint density at radius 2 is 1.77 bits per heavy atom. The molecule has 44 heavy (non-hydrogen) atoms. The average Bonchev–Trinajstić information content (AvgIpc) is 3.40. The fourth-order valence-electron chi connectivity index (χ4n) is 4.89. The number of carbonyl (C=O) groups is 1. The lowest BCUT2D eigenvalue weighted by atomic mass is 10.1. The highest BCUT2D eigenvalue weighted by atomic mass is 19.1. The second kappa shape index (κ2) is 11.6. The summed E-state index contributed by atoms with van der Waals surface area (Å²) < 4.78 is 18.4. The average molecular weight is 591 g/mol. The number of nitrogens with two attached hydrogens (primary N) is 1. The van der Waals surface area contributed by atoms with Gasteiger partial charge in [-0.2, -0.15) is 5.10 Å². The van der Waals surface area contributed by atoms with Gasteiger partial charge < -0.3 is 21.7 Å². The van der Waals surface area contributed by atoms with Gasteiger partial charge in [-0.1, -0.05) is 24.3 Å². The van der Waals surface area contributed by atoms with E-state index >= 15 is 4.39 Å². The molecular formula is C31H27FN10O2. The molecule has 13 heteroatoms. The van der Waals surface area contributed by atoms with Gasteiger partial charge >= 0.3 is 6.03 Å². The van der Waals surface area contributed by atoms with Crippen molar-refractivity contribution in [1.29, 1.82) is 0 Å². The zero-order chi connectivity index (χ0) is 30.8. The first kappa shape index (κ1) is 28.0. The molecule has 12 nitrogen and oxygen atoms in total. The quantitative estimate of drug-likeness (QED) is 0.198. The summed E-state index contributed by atoms with van der Waals surface area (Å²) in [7, 11) is 0. The van der Waals surface area contributed by atoms with E-state index in [0.717, 1.165) is 5.56 Å². The van der Waals surface area contributed by atoms with Crippen molar-refractivity contribution < 1.29 is 9.18 Å². The maximum absolute atomic E-state index is 15.3. The van der Waals surface area contributed by atoms with Crippen molar-refractivity contribution in [3.05, 3.63) is 119 Å². The second-order valence-corrected chi connectivity index (χ2v) is 9.98. The Morgan fingerprint density at radius 1 is 1.00 bits per heavy atom. The summed E-state index contributed by atoms with van der Waals surface area (Å²) in [6.45, 7) is 3.69.